The molecule has 0 saturated carbocycles. The first kappa shape index (κ1) is 16.0. The van der Waals surface area contributed by atoms with E-state index >= 15 is 0 Å². The van der Waals surface area contributed by atoms with Gasteiger partial charge in [0.1, 0.15) is 11.3 Å². The zero-order valence-electron chi connectivity index (χ0n) is 8.95. The molecule has 1 rings (SSSR count). The Morgan fingerprint density at radius 1 is 1.45 bits per heavy atom. The van der Waals surface area contributed by atoms with Gasteiger partial charge < -0.3 is 4.74 Å². The molecule has 1 aromatic heterocycles. The van der Waals surface area contributed by atoms with Crippen molar-refractivity contribution >= 4 is 22.5 Å². The number of rotatable bonds is 4. The average Bonchev–Trinajstić information content (AvgIpc) is 2.24. The Bertz CT molecular complexity index is 563. The van der Waals surface area contributed by atoms with Crippen molar-refractivity contribution in [1.82, 2.24) is 4.98 Å². The van der Waals surface area contributed by atoms with Crippen LogP contribution in [0, 0.1) is 10.1 Å². The average molecular weight is 321 g/mol. The van der Waals surface area contributed by atoms with Crippen LogP contribution in [-0.2, 0) is 0 Å². The number of hydrogen-bond donors (Lipinski definition) is 0. The van der Waals surface area contributed by atoms with Gasteiger partial charge >= 0.3 is 17.9 Å². The molecule has 12 heteroatoms. The van der Waals surface area contributed by atoms with Crippen molar-refractivity contribution < 1.29 is 36.4 Å². The first-order valence-corrected chi connectivity index (χ1v) is 4.83. The molecule has 0 radical (unpaired) electrons. The molecule has 0 fully saturated rings. The number of hydrogen-bond acceptors (Lipinski definition) is 5. The van der Waals surface area contributed by atoms with Crippen molar-refractivity contribution in [1.29, 1.82) is 0 Å². The molecule has 0 saturated heterocycles. The fraction of sp³-hybridized carbons (Fsp3) is 0.250. The van der Waals surface area contributed by atoms with Crippen LogP contribution in [0.3, 0.4) is 0 Å². The van der Waals surface area contributed by atoms with Crippen molar-refractivity contribution in [3.63, 3.8) is 0 Å². The van der Waals surface area contributed by atoms with Crippen LogP contribution in [0.1, 0.15) is 22.5 Å². The Labute approximate surface area is 111 Å². The third kappa shape index (κ3) is 3.73. The summed E-state index contributed by atoms with van der Waals surface area (Å²) in [6.07, 6.45) is -8.81. The van der Waals surface area contributed by atoms with Gasteiger partial charge in [0.2, 0.25) is 0 Å². The summed E-state index contributed by atoms with van der Waals surface area (Å²) >= 11 is 4.92. The van der Waals surface area contributed by atoms with Crippen LogP contribution < -0.4 is 4.74 Å². The highest BCUT2D eigenvalue weighted by Gasteiger charge is 2.38. The lowest BCUT2D eigenvalue weighted by atomic mass is 10.2. The number of carbonyl (C=O) groups is 1. The summed E-state index contributed by atoms with van der Waals surface area (Å²) in [4.78, 5) is 22.8. The lowest BCUT2D eigenvalue weighted by Gasteiger charge is -2.11. The summed E-state index contributed by atoms with van der Waals surface area (Å²) in [6, 6.07) is 0.224. The molecule has 0 aliphatic carbocycles. The van der Waals surface area contributed by atoms with E-state index in [9.17, 15) is 36.9 Å². The molecule has 0 unspecified atom stereocenters. The minimum Gasteiger partial charge on any atom is -0.381 e. The number of nitrogens with zero attached hydrogens (tertiary/aromatic N) is 2. The standard InChI is InChI=1S/C8H2ClF5N2O4/c9-5(17)2-1-3(6(10)11)15-7(4(2)16(18)19)20-8(12,13)14/h1,6H. The number of nitro groups is 1. The van der Waals surface area contributed by atoms with Crippen LogP contribution in [0.2, 0.25) is 0 Å². The smallest absolute Gasteiger partial charge is 0.381 e. The number of aromatic nitrogens is 1. The van der Waals surface area contributed by atoms with Crippen molar-refractivity contribution in [2.24, 2.45) is 0 Å². The van der Waals surface area contributed by atoms with E-state index in [1.54, 1.807) is 0 Å². The van der Waals surface area contributed by atoms with Gasteiger partial charge in [-0.05, 0) is 17.7 Å². The Balaban J connectivity index is 3.59. The summed E-state index contributed by atoms with van der Waals surface area (Å²) in [5, 5.41) is 9.03. The molecule has 0 aliphatic heterocycles. The molecule has 1 heterocycles. The van der Waals surface area contributed by atoms with Gasteiger partial charge in [-0.1, -0.05) is 0 Å². The number of carbonyl (C=O) groups excluding carboxylic acids is 1. The highest BCUT2D eigenvalue weighted by Crippen LogP contribution is 2.36. The maximum atomic E-state index is 12.4. The van der Waals surface area contributed by atoms with Gasteiger partial charge in [-0.2, -0.15) is 0 Å². The van der Waals surface area contributed by atoms with Gasteiger partial charge in [-0.3, -0.25) is 14.9 Å². The lowest BCUT2D eigenvalue weighted by molar-refractivity contribution is -0.389. The summed E-state index contributed by atoms with van der Waals surface area (Å²) in [5.74, 6) is -1.79. The highest BCUT2D eigenvalue weighted by molar-refractivity contribution is 6.68. The van der Waals surface area contributed by atoms with Gasteiger partial charge in [0.05, 0.1) is 4.92 Å². The van der Waals surface area contributed by atoms with Crippen LogP contribution in [0.5, 0.6) is 5.88 Å². The van der Waals surface area contributed by atoms with Gasteiger partial charge in [0, 0.05) is 0 Å². The molecule has 110 valence electrons. The molecule has 0 N–H and O–H groups in total. The highest BCUT2D eigenvalue weighted by atomic mass is 35.5. The third-order valence-corrected chi connectivity index (χ3v) is 2.01. The second-order valence-corrected chi connectivity index (χ2v) is 3.47. The molecule has 0 amide bonds. The summed E-state index contributed by atoms with van der Waals surface area (Å²) in [5.41, 5.74) is -4.05. The van der Waals surface area contributed by atoms with Crippen molar-refractivity contribution in [3.05, 3.63) is 27.4 Å². The molecular formula is C8H2ClF5N2O4. The molecular weight excluding hydrogens is 319 g/mol. The van der Waals surface area contributed by atoms with E-state index in [4.69, 9.17) is 11.6 Å². The Hall–Kier alpha value is -2.04. The second kappa shape index (κ2) is 5.53. The van der Waals surface area contributed by atoms with E-state index in [0.29, 0.717) is 0 Å². The van der Waals surface area contributed by atoms with Gasteiger partial charge in [0.15, 0.2) is 0 Å². The topological polar surface area (TPSA) is 82.3 Å². The van der Waals surface area contributed by atoms with E-state index in [1.807, 2.05) is 0 Å². The predicted molar refractivity (Wildman–Crippen MR) is 52.7 cm³/mol. The van der Waals surface area contributed by atoms with Crippen LogP contribution in [0.15, 0.2) is 6.07 Å². The molecule has 1 aromatic rings. The van der Waals surface area contributed by atoms with E-state index in [0.717, 1.165) is 0 Å². The summed E-state index contributed by atoms with van der Waals surface area (Å²) in [6.45, 7) is 0. The fourth-order valence-electron chi connectivity index (χ4n) is 1.15. The van der Waals surface area contributed by atoms with E-state index in [-0.39, 0.29) is 6.07 Å². The maximum absolute atomic E-state index is 12.4. The molecule has 0 spiro atoms. The van der Waals surface area contributed by atoms with Crippen molar-refractivity contribution in [2.75, 3.05) is 0 Å². The fourth-order valence-corrected chi connectivity index (χ4v) is 1.30. The molecule has 6 nitrogen and oxygen atoms in total. The quantitative estimate of drug-likeness (QED) is 0.368. The number of halogens is 6. The molecule has 0 atom stereocenters. The molecule has 0 bridgehead atoms. The lowest BCUT2D eigenvalue weighted by Crippen LogP contribution is -2.20. The Morgan fingerprint density at radius 3 is 2.35 bits per heavy atom. The van der Waals surface area contributed by atoms with Gasteiger partial charge in [0.25, 0.3) is 11.7 Å². The second-order valence-electron chi connectivity index (χ2n) is 3.13. The maximum Gasteiger partial charge on any atom is 0.574 e. The molecule has 20 heavy (non-hydrogen) atoms. The van der Waals surface area contributed by atoms with E-state index < -0.39 is 45.8 Å². The predicted octanol–water partition coefficient (Wildman–Crippen LogP) is 3.21. The number of ether oxygens (including phenoxy) is 1. The SMILES string of the molecule is O=C(Cl)c1cc(C(F)F)nc(OC(F)(F)F)c1[N+](=O)[O-]. The van der Waals surface area contributed by atoms with E-state index in [1.165, 1.54) is 0 Å². The van der Waals surface area contributed by atoms with Crippen molar-refractivity contribution in [3.8, 4) is 5.88 Å². The van der Waals surface area contributed by atoms with Gasteiger partial charge in [-0.15, -0.1) is 13.2 Å². The first-order chi connectivity index (χ1) is 9.03. The summed E-state index contributed by atoms with van der Waals surface area (Å²) < 4.78 is 64.2. The van der Waals surface area contributed by atoms with Crippen LogP contribution in [0.4, 0.5) is 27.6 Å². The molecule has 0 aromatic carbocycles. The Morgan fingerprint density at radius 2 is 2.00 bits per heavy atom. The summed E-state index contributed by atoms with van der Waals surface area (Å²) in [7, 11) is 0. The Kier molecular flexibility index (Phi) is 4.43. The van der Waals surface area contributed by atoms with E-state index in [2.05, 4.69) is 9.72 Å². The van der Waals surface area contributed by atoms with Crippen LogP contribution in [-0.4, -0.2) is 21.5 Å². The zero-order chi connectivity index (χ0) is 15.7. The third-order valence-electron chi connectivity index (χ3n) is 1.81. The minimum atomic E-state index is -5.43. The minimum absolute atomic E-state index is 0.224. The number of alkyl halides is 5. The monoisotopic (exact) mass is 320 g/mol. The zero-order valence-corrected chi connectivity index (χ0v) is 9.71. The van der Waals surface area contributed by atoms with Crippen molar-refractivity contribution in [2.45, 2.75) is 12.8 Å². The normalized spacial score (nSPS) is 11.6. The molecule has 0 aliphatic rings. The number of pyridine rings is 1. The van der Waals surface area contributed by atoms with Gasteiger partial charge in [-0.25, -0.2) is 13.8 Å². The van der Waals surface area contributed by atoms with Crippen LogP contribution >= 0.6 is 11.6 Å². The van der Waals surface area contributed by atoms with Crippen LogP contribution in [0.25, 0.3) is 0 Å². The largest absolute Gasteiger partial charge is 0.574 e. The first-order valence-electron chi connectivity index (χ1n) is 4.46.